The van der Waals surface area contributed by atoms with Gasteiger partial charge in [-0.3, -0.25) is 14.4 Å². The molecule has 43 heavy (non-hydrogen) atoms. The molecular weight excluding hydrogens is 570 g/mol. The van der Waals surface area contributed by atoms with Gasteiger partial charge in [0, 0.05) is 31.9 Å². The van der Waals surface area contributed by atoms with Crippen LogP contribution in [0, 0.1) is 0 Å². The minimum atomic E-state index is -2.23. The number of nitrogens with zero attached hydrogens (tertiary/aromatic N) is 1. The number of likely N-dealkylation sites (N-methyl/N-ethyl adjacent to an activating group) is 1. The van der Waals surface area contributed by atoms with E-state index < -0.39 is 65.3 Å². The van der Waals surface area contributed by atoms with Crippen LogP contribution in [-0.2, 0) is 54.8 Å². The topological polar surface area (TPSA) is 192 Å². The van der Waals surface area contributed by atoms with Crippen molar-refractivity contribution in [3.8, 4) is 5.75 Å². The summed E-state index contributed by atoms with van der Waals surface area (Å²) >= 11 is 0. The van der Waals surface area contributed by atoms with E-state index in [-0.39, 0.29) is 18.2 Å². The number of hydrogen-bond acceptors (Lipinski definition) is 13. The number of aldehydes is 1. The number of carbonyl (C=O) groups excluding carboxylic acids is 5. The van der Waals surface area contributed by atoms with Crippen molar-refractivity contribution < 1.29 is 62.7 Å². The maximum Gasteiger partial charge on any atom is 0.352 e. The lowest BCUT2D eigenvalue weighted by Gasteiger charge is -2.61. The van der Waals surface area contributed by atoms with E-state index in [1.165, 1.54) is 0 Å². The van der Waals surface area contributed by atoms with Crippen LogP contribution in [-0.4, -0.2) is 101 Å². The zero-order valence-corrected chi connectivity index (χ0v) is 23.9. The third-order valence-corrected chi connectivity index (χ3v) is 8.71. The molecule has 14 nitrogen and oxygen atoms in total. The summed E-state index contributed by atoms with van der Waals surface area (Å²) in [4.78, 5) is 74.6. The van der Waals surface area contributed by atoms with Gasteiger partial charge < -0.3 is 38.8 Å². The first-order valence-corrected chi connectivity index (χ1v) is 13.7. The van der Waals surface area contributed by atoms with E-state index in [0.717, 1.165) is 31.9 Å². The van der Waals surface area contributed by atoms with Gasteiger partial charge in [-0.25, -0.2) is 14.4 Å². The number of esters is 4. The second kappa shape index (κ2) is 10.8. The van der Waals surface area contributed by atoms with Gasteiger partial charge in [0.25, 0.3) is 0 Å². The van der Waals surface area contributed by atoms with Crippen LogP contribution in [0.1, 0.15) is 55.1 Å². The van der Waals surface area contributed by atoms with Gasteiger partial charge in [0.2, 0.25) is 12.2 Å². The number of aliphatic carboxylic acids is 1. The fourth-order valence-electron chi connectivity index (χ4n) is 6.89. The number of aliphatic hydroxyl groups is 1. The Morgan fingerprint density at radius 1 is 1.07 bits per heavy atom. The van der Waals surface area contributed by atoms with Crippen molar-refractivity contribution in [2.24, 2.45) is 0 Å². The van der Waals surface area contributed by atoms with E-state index in [1.54, 1.807) is 12.1 Å². The first kappa shape index (κ1) is 30.2. The largest absolute Gasteiger partial charge is 0.480 e. The molecule has 1 saturated heterocycles. The summed E-state index contributed by atoms with van der Waals surface area (Å²) in [5, 5.41) is 21.7. The first-order valence-electron chi connectivity index (χ1n) is 13.7. The van der Waals surface area contributed by atoms with Gasteiger partial charge in [-0.05, 0) is 51.1 Å². The summed E-state index contributed by atoms with van der Waals surface area (Å²) in [5.41, 5.74) is -0.359. The molecule has 2 heterocycles. The number of benzene rings is 1. The second-order valence-electron chi connectivity index (χ2n) is 11.2. The number of carbonyl (C=O) groups is 6. The monoisotopic (exact) mass is 601 g/mol. The first-order chi connectivity index (χ1) is 20.2. The molecule has 1 aromatic carbocycles. The fourth-order valence-corrected chi connectivity index (χ4v) is 6.89. The molecule has 5 rings (SSSR count). The van der Waals surface area contributed by atoms with Gasteiger partial charge >= 0.3 is 29.8 Å². The highest BCUT2D eigenvalue weighted by atomic mass is 16.6. The van der Waals surface area contributed by atoms with Crippen molar-refractivity contribution in [2.45, 2.75) is 81.5 Å². The van der Waals surface area contributed by atoms with Crippen LogP contribution in [0.5, 0.6) is 5.75 Å². The number of ether oxygens (including phenoxy) is 5. The number of carboxylic acids is 1. The van der Waals surface area contributed by atoms with E-state index in [4.69, 9.17) is 18.9 Å². The Balaban J connectivity index is 1.41. The summed E-state index contributed by atoms with van der Waals surface area (Å²) in [6, 6.07) is 3.25. The molecule has 0 unspecified atom stereocenters. The van der Waals surface area contributed by atoms with Gasteiger partial charge in [0.15, 0.2) is 18.5 Å². The number of hydrogen-bond donors (Lipinski definition) is 2. The average molecular weight is 602 g/mol. The molecule has 1 spiro atoms. The van der Waals surface area contributed by atoms with Crippen molar-refractivity contribution in [3.05, 3.63) is 40.7 Å². The number of carboxylic acid groups (broad SMARTS) is 1. The smallest absolute Gasteiger partial charge is 0.352 e. The zero-order valence-electron chi connectivity index (χ0n) is 23.9. The Morgan fingerprint density at radius 3 is 2.37 bits per heavy atom. The van der Waals surface area contributed by atoms with Gasteiger partial charge in [-0.15, -0.1) is 0 Å². The molecule has 1 fully saturated rings. The van der Waals surface area contributed by atoms with Crippen LogP contribution >= 0.6 is 0 Å². The van der Waals surface area contributed by atoms with Crippen LogP contribution < -0.4 is 4.74 Å². The van der Waals surface area contributed by atoms with Gasteiger partial charge in [-0.1, -0.05) is 6.07 Å². The van der Waals surface area contributed by atoms with Crippen LogP contribution in [0.4, 0.5) is 0 Å². The maximum absolute atomic E-state index is 13.2. The minimum absolute atomic E-state index is 0.0571. The molecule has 2 aliphatic heterocycles. The molecule has 0 radical (unpaired) electrons. The molecule has 0 aromatic heterocycles. The standard InChI is InChI=1S/C29H31NO13/c1-13(39-27(37)23(41-15(3)33)22(25(34)35)40-14(2)32)26(36)42-18-7-8-29(38)19-11-16-5-6-17(12-31)21-20(16)28(29,24(18)43-21)9-10-30(19)4/h5-7,12-13,19,22-24,38H,8-11H2,1-4H3,(H,34,35)/t13-,19+,22+,23+,24-,28-,29+/m0/s1. The molecular formula is C29H31NO13. The minimum Gasteiger partial charge on any atom is -0.480 e. The van der Waals surface area contributed by atoms with Crippen molar-refractivity contribution in [2.75, 3.05) is 13.6 Å². The summed E-state index contributed by atoms with van der Waals surface area (Å²) < 4.78 is 26.5. The molecule has 7 atom stereocenters. The average Bonchev–Trinajstić information content (AvgIpc) is 3.29. The summed E-state index contributed by atoms with van der Waals surface area (Å²) in [5.74, 6) is -6.06. The molecule has 230 valence electrons. The predicted molar refractivity (Wildman–Crippen MR) is 141 cm³/mol. The lowest BCUT2D eigenvalue weighted by Crippen LogP contribution is -2.74. The van der Waals surface area contributed by atoms with Crippen molar-refractivity contribution in [3.63, 3.8) is 0 Å². The fraction of sp³-hybridized carbons (Fsp3) is 0.517. The van der Waals surface area contributed by atoms with E-state index >= 15 is 0 Å². The second-order valence-corrected chi connectivity index (χ2v) is 11.2. The third kappa shape index (κ3) is 4.65. The van der Waals surface area contributed by atoms with Gasteiger partial charge in [0.1, 0.15) is 11.5 Å². The Hall–Kier alpha value is -4.30. The number of piperidine rings is 1. The molecule has 2 N–H and O–H groups in total. The molecule has 0 saturated carbocycles. The van der Waals surface area contributed by atoms with Gasteiger partial charge in [-0.2, -0.15) is 0 Å². The Bertz CT molecular complexity index is 1450. The van der Waals surface area contributed by atoms with Crippen LogP contribution in [0.25, 0.3) is 0 Å². The van der Waals surface area contributed by atoms with Gasteiger partial charge in [0.05, 0.1) is 16.6 Å². The molecule has 0 amide bonds. The van der Waals surface area contributed by atoms with E-state index in [1.807, 2.05) is 13.1 Å². The highest BCUT2D eigenvalue weighted by Gasteiger charge is 2.72. The third-order valence-electron chi connectivity index (χ3n) is 8.71. The lowest BCUT2D eigenvalue weighted by molar-refractivity contribution is -0.193. The Morgan fingerprint density at radius 2 is 1.74 bits per heavy atom. The van der Waals surface area contributed by atoms with Crippen LogP contribution in [0.2, 0.25) is 0 Å². The highest BCUT2D eigenvalue weighted by molar-refractivity contribution is 5.90. The highest BCUT2D eigenvalue weighted by Crippen LogP contribution is 2.64. The van der Waals surface area contributed by atoms with Crippen molar-refractivity contribution in [1.29, 1.82) is 0 Å². The van der Waals surface area contributed by atoms with E-state index in [0.29, 0.717) is 37.0 Å². The lowest BCUT2D eigenvalue weighted by atomic mass is 9.50. The molecule has 2 bridgehead atoms. The summed E-state index contributed by atoms with van der Waals surface area (Å²) in [6.45, 7) is 3.56. The number of likely N-dealkylation sites (tertiary alicyclic amines) is 1. The van der Waals surface area contributed by atoms with Crippen molar-refractivity contribution >= 4 is 36.1 Å². The molecule has 2 aliphatic carbocycles. The quantitative estimate of drug-likeness (QED) is 0.221. The number of rotatable bonds is 9. The maximum atomic E-state index is 13.2. The zero-order chi connectivity index (χ0) is 31.4. The summed E-state index contributed by atoms with van der Waals surface area (Å²) in [7, 11) is 1.93. The normalized spacial score (nSPS) is 28.5. The van der Waals surface area contributed by atoms with Crippen LogP contribution in [0.15, 0.2) is 24.0 Å². The predicted octanol–water partition coefficient (Wildman–Crippen LogP) is 0.200. The molecule has 14 heteroatoms. The SMILES string of the molecule is CC(=O)O[C@@H](C(=O)O)[C@@H](OC(C)=O)C(=O)O[C@@H](C)C(=O)OC1=CC[C@@]2(O)[C@H]3Cc4ccc(C=O)c5c4[C@@]2(CCN3C)[C@H]1O5. The van der Waals surface area contributed by atoms with E-state index in [2.05, 4.69) is 9.64 Å². The van der Waals surface area contributed by atoms with Crippen molar-refractivity contribution in [1.82, 2.24) is 4.90 Å². The van der Waals surface area contributed by atoms with E-state index in [9.17, 15) is 39.0 Å². The summed E-state index contributed by atoms with van der Waals surface area (Å²) in [6.07, 6.45) is -3.75. The molecule has 4 aliphatic rings. The Kier molecular flexibility index (Phi) is 7.55. The van der Waals surface area contributed by atoms with Crippen LogP contribution in [0.3, 0.4) is 0 Å². The molecule has 1 aromatic rings. The Labute approximate surface area is 245 Å².